The van der Waals surface area contributed by atoms with E-state index in [1.165, 1.54) is 0 Å². The predicted octanol–water partition coefficient (Wildman–Crippen LogP) is 3.08. The second-order valence-electron chi connectivity index (χ2n) is 2.82. The van der Waals surface area contributed by atoms with Gasteiger partial charge in [-0.15, -0.1) is 23.1 Å². The zero-order valence-electron chi connectivity index (χ0n) is 7.57. The van der Waals surface area contributed by atoms with E-state index in [1.54, 1.807) is 23.1 Å². The first kappa shape index (κ1) is 9.38. The maximum Gasteiger partial charge on any atom is 0.101 e. The molecule has 0 radical (unpaired) electrons. The first-order valence-corrected chi connectivity index (χ1v) is 6.12. The summed E-state index contributed by atoms with van der Waals surface area (Å²) in [7, 11) is 0. The highest BCUT2D eigenvalue weighted by molar-refractivity contribution is 7.98. The number of hydrogen-bond donors (Lipinski definition) is 1. The summed E-state index contributed by atoms with van der Waals surface area (Å²) in [6.45, 7) is 0. The Kier molecular flexibility index (Phi) is 2.36. The molecule has 0 aliphatic rings. The molecule has 0 amide bonds. The zero-order valence-corrected chi connectivity index (χ0v) is 9.21. The maximum absolute atomic E-state index is 8.91. The van der Waals surface area contributed by atoms with Crippen molar-refractivity contribution in [1.82, 2.24) is 0 Å². The van der Waals surface area contributed by atoms with E-state index in [0.29, 0.717) is 5.56 Å². The van der Waals surface area contributed by atoms with Crippen molar-refractivity contribution in [1.29, 1.82) is 5.26 Å². The summed E-state index contributed by atoms with van der Waals surface area (Å²) in [4.78, 5) is 1.03. The van der Waals surface area contributed by atoms with Crippen molar-refractivity contribution in [2.45, 2.75) is 4.90 Å². The molecule has 0 aliphatic heterocycles. The molecule has 1 aromatic heterocycles. The Morgan fingerprint density at radius 2 is 2.29 bits per heavy atom. The second kappa shape index (κ2) is 3.52. The molecule has 0 bridgehead atoms. The molecule has 70 valence electrons. The fourth-order valence-corrected chi connectivity index (χ4v) is 2.82. The Bertz CT molecular complexity index is 523. The first-order valence-electron chi connectivity index (χ1n) is 4.01. The molecule has 0 unspecified atom stereocenters. The lowest BCUT2D eigenvalue weighted by Gasteiger charge is -2.03. The number of hydrogen-bond acceptors (Lipinski definition) is 4. The van der Waals surface area contributed by atoms with Gasteiger partial charge in [-0.05, 0) is 18.4 Å². The molecule has 2 rings (SSSR count). The van der Waals surface area contributed by atoms with Crippen molar-refractivity contribution < 1.29 is 0 Å². The van der Waals surface area contributed by atoms with Gasteiger partial charge in [-0.2, -0.15) is 5.26 Å². The van der Waals surface area contributed by atoms with Crippen LogP contribution in [0.5, 0.6) is 0 Å². The molecule has 2 nitrogen and oxygen atoms in total. The van der Waals surface area contributed by atoms with Crippen LogP contribution in [-0.4, -0.2) is 6.26 Å². The van der Waals surface area contributed by atoms with E-state index in [1.807, 2.05) is 23.8 Å². The zero-order chi connectivity index (χ0) is 10.1. The summed E-state index contributed by atoms with van der Waals surface area (Å²) in [6, 6.07) is 6.18. The quantitative estimate of drug-likeness (QED) is 0.593. The summed E-state index contributed by atoms with van der Waals surface area (Å²) in [5, 5.41) is 11.7. The Labute approximate surface area is 90.3 Å². The van der Waals surface area contributed by atoms with Gasteiger partial charge in [0, 0.05) is 20.4 Å². The van der Waals surface area contributed by atoms with Crippen molar-refractivity contribution in [3.05, 3.63) is 23.1 Å². The minimum atomic E-state index is 0.679. The fourth-order valence-electron chi connectivity index (χ4n) is 1.40. The molecule has 0 spiro atoms. The third kappa shape index (κ3) is 1.26. The van der Waals surface area contributed by atoms with E-state index in [2.05, 4.69) is 6.07 Å². The van der Waals surface area contributed by atoms with E-state index in [0.717, 1.165) is 20.7 Å². The Balaban J connectivity index is 2.85. The smallest absolute Gasteiger partial charge is 0.101 e. The molecule has 0 aliphatic carbocycles. The molecule has 4 heteroatoms. The minimum absolute atomic E-state index is 0.679. The van der Waals surface area contributed by atoms with Crippen LogP contribution in [0.3, 0.4) is 0 Å². The Morgan fingerprint density at radius 1 is 1.50 bits per heavy atom. The number of nitrogens with two attached hydrogens (primary N) is 1. The van der Waals surface area contributed by atoms with Gasteiger partial charge in [0.05, 0.1) is 11.3 Å². The van der Waals surface area contributed by atoms with Gasteiger partial charge in [0.15, 0.2) is 0 Å². The first-order chi connectivity index (χ1) is 6.77. The number of nitriles is 1. The van der Waals surface area contributed by atoms with Crippen LogP contribution in [0, 0.1) is 11.3 Å². The van der Waals surface area contributed by atoms with Crippen molar-refractivity contribution in [3.8, 4) is 6.07 Å². The van der Waals surface area contributed by atoms with Gasteiger partial charge < -0.3 is 5.73 Å². The summed E-state index contributed by atoms with van der Waals surface area (Å²) in [5.74, 6) is 0. The number of thioether (sulfide) groups is 1. The second-order valence-corrected chi connectivity index (χ2v) is 4.58. The molecule has 0 saturated heterocycles. The van der Waals surface area contributed by atoms with Crippen LogP contribution < -0.4 is 5.73 Å². The highest BCUT2D eigenvalue weighted by Crippen LogP contribution is 2.35. The Morgan fingerprint density at radius 3 is 2.93 bits per heavy atom. The molecule has 1 aromatic carbocycles. The topological polar surface area (TPSA) is 49.8 Å². The summed E-state index contributed by atoms with van der Waals surface area (Å²) >= 11 is 3.16. The van der Waals surface area contributed by atoms with Crippen molar-refractivity contribution in [3.63, 3.8) is 0 Å². The van der Waals surface area contributed by atoms with Crippen LogP contribution >= 0.6 is 23.1 Å². The van der Waals surface area contributed by atoms with Gasteiger partial charge in [0.1, 0.15) is 6.07 Å². The average Bonchev–Trinajstić information content (AvgIpc) is 2.62. The third-order valence-corrected chi connectivity index (χ3v) is 3.82. The molecule has 2 aromatic rings. The fraction of sp³-hybridized carbons (Fsp3) is 0.100. The molecule has 14 heavy (non-hydrogen) atoms. The largest absolute Gasteiger partial charge is 0.397 e. The number of anilines is 1. The van der Waals surface area contributed by atoms with Crippen LogP contribution in [-0.2, 0) is 0 Å². The van der Waals surface area contributed by atoms with Crippen LogP contribution in [0.4, 0.5) is 5.69 Å². The van der Waals surface area contributed by atoms with Crippen molar-refractivity contribution in [2.75, 3.05) is 12.0 Å². The monoisotopic (exact) mass is 220 g/mol. The highest BCUT2D eigenvalue weighted by atomic mass is 32.2. The van der Waals surface area contributed by atoms with Gasteiger partial charge in [0.2, 0.25) is 0 Å². The molecule has 0 atom stereocenters. The van der Waals surface area contributed by atoms with E-state index < -0.39 is 0 Å². The summed E-state index contributed by atoms with van der Waals surface area (Å²) in [5.41, 5.74) is 7.39. The van der Waals surface area contributed by atoms with Gasteiger partial charge in [0.25, 0.3) is 0 Å². The van der Waals surface area contributed by atoms with Crippen LogP contribution in [0.2, 0.25) is 0 Å². The standard InChI is InChI=1S/C10H8N2S2/c1-13-8-3-2-7-9(10(8)12)6(4-11)5-14-7/h2-3,5H,12H2,1H3. The van der Waals surface area contributed by atoms with Crippen LogP contribution in [0.25, 0.3) is 10.1 Å². The van der Waals surface area contributed by atoms with Gasteiger partial charge in [-0.3, -0.25) is 0 Å². The lowest BCUT2D eigenvalue weighted by molar-refractivity contribution is 1.49. The van der Waals surface area contributed by atoms with E-state index in [9.17, 15) is 0 Å². The lowest BCUT2D eigenvalue weighted by Crippen LogP contribution is -1.89. The number of rotatable bonds is 1. The van der Waals surface area contributed by atoms with Crippen molar-refractivity contribution in [2.24, 2.45) is 0 Å². The average molecular weight is 220 g/mol. The SMILES string of the molecule is CSc1ccc2scc(C#N)c2c1N. The van der Waals surface area contributed by atoms with E-state index >= 15 is 0 Å². The molecule has 1 heterocycles. The van der Waals surface area contributed by atoms with Crippen molar-refractivity contribution >= 4 is 38.9 Å². The Hall–Kier alpha value is -1.18. The van der Waals surface area contributed by atoms with Crippen LogP contribution in [0.15, 0.2) is 22.4 Å². The summed E-state index contributed by atoms with van der Waals surface area (Å²) < 4.78 is 1.08. The van der Waals surface area contributed by atoms with E-state index in [4.69, 9.17) is 11.0 Å². The molecule has 0 saturated carbocycles. The number of benzene rings is 1. The molecule has 2 N–H and O–H groups in total. The maximum atomic E-state index is 8.91. The number of thiophene rings is 1. The molecular formula is C10H8N2S2. The lowest BCUT2D eigenvalue weighted by atomic mass is 10.1. The number of nitrogen functional groups attached to an aromatic ring is 1. The number of nitrogens with zero attached hydrogens (tertiary/aromatic N) is 1. The number of fused-ring (bicyclic) bond motifs is 1. The van der Waals surface area contributed by atoms with Gasteiger partial charge in [-0.1, -0.05) is 0 Å². The van der Waals surface area contributed by atoms with Gasteiger partial charge in [-0.25, -0.2) is 0 Å². The molecule has 0 fully saturated rings. The van der Waals surface area contributed by atoms with Gasteiger partial charge >= 0.3 is 0 Å². The van der Waals surface area contributed by atoms with E-state index in [-0.39, 0.29) is 0 Å². The normalized spacial score (nSPS) is 10.3. The highest BCUT2D eigenvalue weighted by Gasteiger charge is 2.09. The minimum Gasteiger partial charge on any atom is -0.397 e. The molecular weight excluding hydrogens is 212 g/mol. The third-order valence-electron chi connectivity index (χ3n) is 2.08. The summed E-state index contributed by atoms with van der Waals surface area (Å²) in [6.07, 6.45) is 1.98. The van der Waals surface area contributed by atoms with Crippen LogP contribution in [0.1, 0.15) is 5.56 Å². The predicted molar refractivity (Wildman–Crippen MR) is 62.7 cm³/mol.